The molecule has 5 heteroatoms. The molecule has 2 unspecified atom stereocenters. The van der Waals surface area contributed by atoms with E-state index in [0.717, 1.165) is 19.4 Å². The number of hydrogen-bond acceptors (Lipinski definition) is 4. The molecule has 1 heterocycles. The van der Waals surface area contributed by atoms with Crippen LogP contribution in [0, 0.1) is 0 Å². The SMILES string of the molecule is CC1CCC(OCCS(=O)(=O)C(C)(C)C)CN1. The summed E-state index contributed by atoms with van der Waals surface area (Å²) in [5, 5.41) is 3.34. The van der Waals surface area contributed by atoms with Gasteiger partial charge in [0.2, 0.25) is 0 Å². The van der Waals surface area contributed by atoms with Crippen LogP contribution in [0.5, 0.6) is 0 Å². The van der Waals surface area contributed by atoms with Crippen molar-refractivity contribution in [2.24, 2.45) is 0 Å². The molecule has 0 radical (unpaired) electrons. The summed E-state index contributed by atoms with van der Waals surface area (Å²) in [5.74, 6) is 0.114. The van der Waals surface area contributed by atoms with Gasteiger partial charge in [0.05, 0.1) is 23.2 Å². The molecular weight excluding hydrogens is 238 g/mol. The van der Waals surface area contributed by atoms with E-state index in [9.17, 15) is 8.42 Å². The van der Waals surface area contributed by atoms with Gasteiger partial charge >= 0.3 is 0 Å². The first-order valence-corrected chi connectivity index (χ1v) is 7.95. The third-order valence-electron chi connectivity index (χ3n) is 3.25. The van der Waals surface area contributed by atoms with Crippen LogP contribution in [0.2, 0.25) is 0 Å². The minimum absolute atomic E-state index is 0.114. The molecule has 1 fully saturated rings. The molecule has 2 atom stereocenters. The summed E-state index contributed by atoms with van der Waals surface area (Å²) >= 11 is 0. The van der Waals surface area contributed by atoms with Crippen molar-refractivity contribution in [1.82, 2.24) is 5.32 Å². The van der Waals surface area contributed by atoms with Crippen LogP contribution in [0.1, 0.15) is 40.5 Å². The summed E-state index contributed by atoms with van der Waals surface area (Å²) in [6.07, 6.45) is 2.28. The lowest BCUT2D eigenvalue weighted by molar-refractivity contribution is 0.0400. The Morgan fingerprint density at radius 2 is 1.94 bits per heavy atom. The highest BCUT2D eigenvalue weighted by molar-refractivity contribution is 7.92. The normalized spacial score (nSPS) is 27.1. The van der Waals surface area contributed by atoms with Crippen LogP contribution in [0.4, 0.5) is 0 Å². The lowest BCUT2D eigenvalue weighted by atomic mass is 10.0. The number of ether oxygens (including phenoxy) is 1. The third kappa shape index (κ3) is 4.56. The lowest BCUT2D eigenvalue weighted by Gasteiger charge is -2.28. The van der Waals surface area contributed by atoms with Crippen LogP contribution >= 0.6 is 0 Å². The van der Waals surface area contributed by atoms with Gasteiger partial charge in [-0.1, -0.05) is 0 Å². The molecule has 1 saturated heterocycles. The Hall–Kier alpha value is -0.130. The fraction of sp³-hybridized carbons (Fsp3) is 1.00. The van der Waals surface area contributed by atoms with Gasteiger partial charge in [0, 0.05) is 12.6 Å². The van der Waals surface area contributed by atoms with Crippen LogP contribution in [0.25, 0.3) is 0 Å². The van der Waals surface area contributed by atoms with Crippen molar-refractivity contribution in [3.05, 3.63) is 0 Å². The number of nitrogens with one attached hydrogen (secondary N) is 1. The fourth-order valence-corrected chi connectivity index (χ4v) is 2.67. The Kier molecular flexibility index (Phi) is 4.98. The molecule has 0 spiro atoms. The summed E-state index contributed by atoms with van der Waals surface area (Å²) in [4.78, 5) is 0. The standard InChI is InChI=1S/C12H25NO3S/c1-10-5-6-11(9-13-10)16-7-8-17(14,15)12(2,3)4/h10-11,13H,5-9H2,1-4H3. The van der Waals surface area contributed by atoms with Crippen molar-refractivity contribution in [3.63, 3.8) is 0 Å². The van der Waals surface area contributed by atoms with Gasteiger partial charge in [0.25, 0.3) is 0 Å². The molecule has 0 aromatic heterocycles. The number of piperidine rings is 1. The molecule has 1 aliphatic heterocycles. The van der Waals surface area contributed by atoms with E-state index in [0.29, 0.717) is 12.6 Å². The zero-order chi connectivity index (χ0) is 13.1. The molecule has 0 aliphatic carbocycles. The van der Waals surface area contributed by atoms with Gasteiger partial charge in [-0.15, -0.1) is 0 Å². The highest BCUT2D eigenvalue weighted by Gasteiger charge is 2.29. The monoisotopic (exact) mass is 263 g/mol. The Labute approximate surface area is 105 Å². The number of rotatable bonds is 4. The average Bonchev–Trinajstić information content (AvgIpc) is 2.19. The maximum absolute atomic E-state index is 11.9. The van der Waals surface area contributed by atoms with Crippen LogP contribution in [-0.4, -0.2) is 44.2 Å². The molecule has 4 nitrogen and oxygen atoms in total. The van der Waals surface area contributed by atoms with Gasteiger partial charge in [-0.3, -0.25) is 0 Å². The van der Waals surface area contributed by atoms with Gasteiger partial charge in [0.1, 0.15) is 0 Å². The molecule has 17 heavy (non-hydrogen) atoms. The van der Waals surface area contributed by atoms with E-state index < -0.39 is 14.6 Å². The van der Waals surface area contributed by atoms with Crippen LogP contribution in [-0.2, 0) is 14.6 Å². The second-order valence-corrected chi connectivity index (χ2v) is 8.67. The summed E-state index contributed by atoms with van der Waals surface area (Å²) < 4.78 is 28.6. The highest BCUT2D eigenvalue weighted by Crippen LogP contribution is 2.16. The molecule has 0 bridgehead atoms. The van der Waals surface area contributed by atoms with Gasteiger partial charge in [-0.05, 0) is 40.5 Å². The molecule has 1 aliphatic rings. The van der Waals surface area contributed by atoms with Crippen molar-refractivity contribution >= 4 is 9.84 Å². The van der Waals surface area contributed by atoms with Crippen molar-refractivity contribution in [3.8, 4) is 0 Å². The Morgan fingerprint density at radius 1 is 1.29 bits per heavy atom. The van der Waals surface area contributed by atoms with Crippen molar-refractivity contribution in [2.45, 2.75) is 57.4 Å². The van der Waals surface area contributed by atoms with Crippen molar-refractivity contribution in [1.29, 1.82) is 0 Å². The van der Waals surface area contributed by atoms with Crippen molar-refractivity contribution in [2.75, 3.05) is 18.9 Å². The van der Waals surface area contributed by atoms with Crippen LogP contribution in [0.3, 0.4) is 0 Å². The first-order chi connectivity index (χ1) is 7.72. The highest BCUT2D eigenvalue weighted by atomic mass is 32.2. The predicted octanol–water partition coefficient (Wildman–Crippen LogP) is 1.36. The minimum atomic E-state index is -3.05. The zero-order valence-corrected chi connectivity index (χ0v) is 12.1. The molecular formula is C12H25NO3S. The number of hydrogen-bond donors (Lipinski definition) is 1. The van der Waals surface area contributed by atoms with Gasteiger partial charge in [-0.2, -0.15) is 0 Å². The van der Waals surface area contributed by atoms with E-state index >= 15 is 0 Å². The van der Waals surface area contributed by atoms with E-state index in [1.807, 2.05) is 0 Å². The van der Waals surface area contributed by atoms with Gasteiger partial charge < -0.3 is 10.1 Å². The molecule has 0 aromatic carbocycles. The van der Waals surface area contributed by atoms with Gasteiger partial charge in [0.15, 0.2) is 9.84 Å². The molecule has 1 N–H and O–H groups in total. The van der Waals surface area contributed by atoms with E-state index in [1.165, 1.54) is 0 Å². The van der Waals surface area contributed by atoms with Crippen LogP contribution in [0.15, 0.2) is 0 Å². The maximum Gasteiger partial charge on any atom is 0.157 e. The van der Waals surface area contributed by atoms with Gasteiger partial charge in [-0.25, -0.2) is 8.42 Å². The van der Waals surface area contributed by atoms with Crippen molar-refractivity contribution < 1.29 is 13.2 Å². The summed E-state index contributed by atoms with van der Waals surface area (Å²) in [6, 6.07) is 0.549. The van der Waals surface area contributed by atoms with E-state index in [1.54, 1.807) is 20.8 Å². The fourth-order valence-electron chi connectivity index (χ4n) is 1.75. The first kappa shape index (κ1) is 14.9. The van der Waals surface area contributed by atoms with Crippen LogP contribution < -0.4 is 5.32 Å². The quantitative estimate of drug-likeness (QED) is 0.832. The predicted molar refractivity (Wildman–Crippen MR) is 70.0 cm³/mol. The average molecular weight is 263 g/mol. The largest absolute Gasteiger partial charge is 0.376 e. The summed E-state index contributed by atoms with van der Waals surface area (Å²) in [6.45, 7) is 8.47. The van der Waals surface area contributed by atoms with E-state index in [-0.39, 0.29) is 11.9 Å². The third-order valence-corrected chi connectivity index (χ3v) is 5.82. The lowest BCUT2D eigenvalue weighted by Crippen LogP contribution is -2.42. The number of sulfone groups is 1. The molecule has 1 rings (SSSR count). The van der Waals surface area contributed by atoms with E-state index in [2.05, 4.69) is 12.2 Å². The molecule has 0 aromatic rings. The summed E-state index contributed by atoms with van der Waals surface area (Å²) in [5.41, 5.74) is 0. The topological polar surface area (TPSA) is 55.4 Å². The van der Waals surface area contributed by atoms with E-state index in [4.69, 9.17) is 4.74 Å². The molecule has 102 valence electrons. The Morgan fingerprint density at radius 3 is 2.41 bits per heavy atom. The smallest absolute Gasteiger partial charge is 0.157 e. The second kappa shape index (κ2) is 5.67. The first-order valence-electron chi connectivity index (χ1n) is 6.29. The Bertz CT molecular complexity index is 324. The second-order valence-electron chi connectivity index (χ2n) is 5.81. The molecule has 0 amide bonds. The Balaban J connectivity index is 2.29. The summed E-state index contributed by atoms with van der Waals surface area (Å²) in [7, 11) is -3.05. The zero-order valence-electron chi connectivity index (χ0n) is 11.3. The minimum Gasteiger partial charge on any atom is -0.376 e. The maximum atomic E-state index is 11.9. The molecule has 0 saturated carbocycles.